The van der Waals surface area contributed by atoms with Gasteiger partial charge in [-0.2, -0.15) is 0 Å². The second-order valence-corrected chi connectivity index (χ2v) is 5.45. The van der Waals surface area contributed by atoms with Gasteiger partial charge in [0.2, 0.25) is 0 Å². The molecule has 0 unspecified atom stereocenters. The number of hydrogen-bond donors (Lipinski definition) is 2. The van der Waals surface area contributed by atoms with Gasteiger partial charge in [0.05, 0.1) is 5.56 Å². The highest BCUT2D eigenvalue weighted by atomic mass is 79.9. The molecule has 0 aliphatic heterocycles. The van der Waals surface area contributed by atoms with E-state index in [1.165, 1.54) is 6.07 Å². The van der Waals surface area contributed by atoms with Gasteiger partial charge in [0.15, 0.2) is 0 Å². The number of anilines is 1. The number of hydrogen-bond acceptors (Lipinski definition) is 2. The molecule has 0 atom stereocenters. The minimum absolute atomic E-state index is 0.314. The molecular weight excluding hydrogens is 329 g/mol. The largest absolute Gasteiger partial charge is 0.322 e. The van der Waals surface area contributed by atoms with Crippen molar-refractivity contribution in [3.63, 3.8) is 0 Å². The third-order valence-corrected chi connectivity index (χ3v) is 3.59. The summed E-state index contributed by atoms with van der Waals surface area (Å²) >= 11 is 7.49. The van der Waals surface area contributed by atoms with Gasteiger partial charge in [-0.15, -0.1) is 12.6 Å². The smallest absolute Gasteiger partial charge is 0.256 e. The van der Waals surface area contributed by atoms with Crippen molar-refractivity contribution in [2.45, 2.75) is 11.8 Å². The van der Waals surface area contributed by atoms with E-state index < -0.39 is 0 Å². The van der Waals surface area contributed by atoms with Crippen LogP contribution in [0.2, 0.25) is 0 Å². The number of carbonyl (C=O) groups excluding carboxylic acids is 1. The molecule has 0 bridgehead atoms. The second-order valence-electron chi connectivity index (χ2n) is 4.08. The van der Waals surface area contributed by atoms with E-state index in [0.29, 0.717) is 26.2 Å². The Morgan fingerprint density at radius 1 is 1.26 bits per heavy atom. The van der Waals surface area contributed by atoms with Crippen LogP contribution in [0.15, 0.2) is 45.8 Å². The molecule has 0 aliphatic carbocycles. The molecule has 0 radical (unpaired) electrons. The number of benzene rings is 2. The van der Waals surface area contributed by atoms with E-state index in [2.05, 4.69) is 33.9 Å². The van der Waals surface area contributed by atoms with Crippen molar-refractivity contribution < 1.29 is 9.18 Å². The van der Waals surface area contributed by atoms with E-state index in [9.17, 15) is 9.18 Å². The zero-order valence-corrected chi connectivity index (χ0v) is 12.6. The number of carbonyl (C=O) groups is 1. The molecule has 19 heavy (non-hydrogen) atoms. The van der Waals surface area contributed by atoms with Gasteiger partial charge < -0.3 is 5.32 Å². The Labute approximate surface area is 124 Å². The van der Waals surface area contributed by atoms with Crippen LogP contribution in [0.25, 0.3) is 0 Å². The molecule has 0 heterocycles. The Morgan fingerprint density at radius 2 is 2.00 bits per heavy atom. The van der Waals surface area contributed by atoms with Crippen molar-refractivity contribution in [3.8, 4) is 0 Å². The van der Waals surface area contributed by atoms with Crippen LogP contribution in [0, 0.1) is 12.7 Å². The van der Waals surface area contributed by atoms with Gasteiger partial charge >= 0.3 is 0 Å². The molecule has 1 amide bonds. The molecule has 2 rings (SSSR count). The summed E-state index contributed by atoms with van der Waals surface area (Å²) < 4.78 is 14.1. The molecule has 2 aromatic carbocycles. The molecule has 0 saturated carbocycles. The van der Waals surface area contributed by atoms with Crippen molar-refractivity contribution in [1.82, 2.24) is 0 Å². The van der Waals surface area contributed by atoms with Gasteiger partial charge in [0, 0.05) is 15.1 Å². The van der Waals surface area contributed by atoms with Crippen molar-refractivity contribution in [3.05, 3.63) is 57.8 Å². The Kier molecular flexibility index (Phi) is 4.27. The molecule has 5 heteroatoms. The maximum Gasteiger partial charge on any atom is 0.256 e. The lowest BCUT2D eigenvalue weighted by atomic mass is 10.2. The predicted molar refractivity (Wildman–Crippen MR) is 80.5 cm³/mol. The van der Waals surface area contributed by atoms with Crippen LogP contribution in [0.4, 0.5) is 10.1 Å². The number of halogens is 2. The summed E-state index contributed by atoms with van der Waals surface area (Å²) in [5, 5.41) is 2.65. The highest BCUT2D eigenvalue weighted by Crippen LogP contribution is 2.22. The molecule has 0 saturated heterocycles. The van der Waals surface area contributed by atoms with Gasteiger partial charge in [-0.05, 0) is 58.7 Å². The van der Waals surface area contributed by atoms with E-state index >= 15 is 0 Å². The molecule has 98 valence electrons. The average Bonchev–Trinajstić information content (AvgIpc) is 2.36. The zero-order valence-electron chi connectivity index (χ0n) is 10.1. The van der Waals surface area contributed by atoms with E-state index in [4.69, 9.17) is 0 Å². The fourth-order valence-corrected chi connectivity index (χ4v) is 2.19. The van der Waals surface area contributed by atoms with Crippen LogP contribution in [-0.4, -0.2) is 5.91 Å². The number of amides is 1. The second kappa shape index (κ2) is 5.75. The summed E-state index contributed by atoms with van der Waals surface area (Å²) in [6.45, 7) is 1.67. The molecule has 1 N–H and O–H groups in total. The summed E-state index contributed by atoms with van der Waals surface area (Å²) in [4.78, 5) is 12.8. The van der Waals surface area contributed by atoms with Crippen molar-refractivity contribution in [2.24, 2.45) is 0 Å². The van der Waals surface area contributed by atoms with Crippen LogP contribution in [-0.2, 0) is 0 Å². The Hall–Kier alpha value is -1.33. The monoisotopic (exact) mass is 339 g/mol. The van der Waals surface area contributed by atoms with Crippen molar-refractivity contribution in [1.29, 1.82) is 0 Å². The Balaban J connectivity index is 2.25. The topological polar surface area (TPSA) is 29.1 Å². The zero-order chi connectivity index (χ0) is 14.0. The number of rotatable bonds is 2. The number of thiol groups is 1. The lowest BCUT2D eigenvalue weighted by molar-refractivity contribution is 0.102. The summed E-state index contributed by atoms with van der Waals surface area (Å²) in [5.41, 5.74) is 1.41. The third-order valence-electron chi connectivity index (χ3n) is 2.62. The average molecular weight is 340 g/mol. The lowest BCUT2D eigenvalue weighted by Crippen LogP contribution is -2.12. The first-order valence-electron chi connectivity index (χ1n) is 5.53. The maximum atomic E-state index is 13.4. The summed E-state index contributed by atoms with van der Waals surface area (Å²) in [6.07, 6.45) is 0. The minimum atomic E-state index is -0.347. The fourth-order valence-electron chi connectivity index (χ4n) is 1.56. The van der Waals surface area contributed by atoms with Gasteiger partial charge in [0.25, 0.3) is 5.91 Å². The van der Waals surface area contributed by atoms with Crippen LogP contribution in [0.1, 0.15) is 15.9 Å². The van der Waals surface area contributed by atoms with Gasteiger partial charge in [-0.1, -0.05) is 6.07 Å². The SMILES string of the molecule is Cc1ccc(NC(=O)c2cc(S)ccc2Br)cc1F. The molecule has 2 nitrogen and oxygen atoms in total. The number of aryl methyl sites for hydroxylation is 1. The Morgan fingerprint density at radius 3 is 2.68 bits per heavy atom. The first kappa shape index (κ1) is 14.1. The molecule has 2 aromatic rings. The van der Waals surface area contributed by atoms with Crippen LogP contribution < -0.4 is 5.32 Å². The highest BCUT2D eigenvalue weighted by Gasteiger charge is 2.11. The van der Waals surface area contributed by atoms with Crippen molar-refractivity contribution in [2.75, 3.05) is 5.32 Å². The molecule has 0 fully saturated rings. The minimum Gasteiger partial charge on any atom is -0.322 e. The quantitative estimate of drug-likeness (QED) is 0.778. The maximum absolute atomic E-state index is 13.4. The Bertz CT molecular complexity index is 645. The predicted octanol–water partition coefficient (Wildman–Crippen LogP) is 4.44. The lowest BCUT2D eigenvalue weighted by Gasteiger charge is -2.08. The van der Waals surface area contributed by atoms with E-state index in [-0.39, 0.29) is 11.7 Å². The van der Waals surface area contributed by atoms with E-state index in [1.807, 2.05) is 0 Å². The molecule has 0 aromatic heterocycles. The van der Waals surface area contributed by atoms with Crippen molar-refractivity contribution >= 4 is 40.2 Å². The standard InChI is InChI=1S/C14H11BrFNOS/c1-8-2-3-9(6-13(8)16)17-14(18)11-7-10(19)4-5-12(11)15/h2-7,19H,1H3,(H,17,18). The van der Waals surface area contributed by atoms with E-state index in [1.54, 1.807) is 37.3 Å². The fraction of sp³-hybridized carbons (Fsp3) is 0.0714. The first-order valence-corrected chi connectivity index (χ1v) is 6.77. The molecular formula is C14H11BrFNOS. The van der Waals surface area contributed by atoms with E-state index in [0.717, 1.165) is 0 Å². The normalized spacial score (nSPS) is 10.3. The van der Waals surface area contributed by atoms with Gasteiger partial charge in [-0.3, -0.25) is 4.79 Å². The van der Waals surface area contributed by atoms with Crippen LogP contribution in [0.3, 0.4) is 0 Å². The van der Waals surface area contributed by atoms with Gasteiger partial charge in [0.1, 0.15) is 5.82 Å². The van der Waals surface area contributed by atoms with Gasteiger partial charge in [-0.25, -0.2) is 4.39 Å². The molecule has 0 spiro atoms. The first-order chi connectivity index (χ1) is 8.97. The number of nitrogens with one attached hydrogen (secondary N) is 1. The van der Waals surface area contributed by atoms with Crippen LogP contribution >= 0.6 is 28.6 Å². The summed E-state index contributed by atoms with van der Waals surface area (Å²) in [6, 6.07) is 9.74. The van der Waals surface area contributed by atoms with Crippen LogP contribution in [0.5, 0.6) is 0 Å². The third kappa shape index (κ3) is 3.36. The molecule has 0 aliphatic rings. The summed E-state index contributed by atoms with van der Waals surface area (Å²) in [7, 11) is 0. The highest BCUT2D eigenvalue weighted by molar-refractivity contribution is 9.10. The summed E-state index contributed by atoms with van der Waals surface area (Å²) in [5.74, 6) is -0.661.